The fourth-order valence-corrected chi connectivity index (χ4v) is 3.39. The summed E-state index contributed by atoms with van der Waals surface area (Å²) in [6, 6.07) is 14.9. The molecular weight excluding hydrogens is 298 g/mol. The smallest absolute Gasteiger partial charge is 0.220 e. The summed E-state index contributed by atoms with van der Waals surface area (Å²) < 4.78 is 1.81. The van der Waals surface area contributed by atoms with E-state index in [0.29, 0.717) is 12.3 Å². The summed E-state index contributed by atoms with van der Waals surface area (Å²) in [5, 5.41) is 9.83. The van der Waals surface area contributed by atoms with Crippen molar-refractivity contribution in [3.8, 4) is 0 Å². The van der Waals surface area contributed by atoms with Crippen LogP contribution in [-0.4, -0.2) is 21.7 Å². The van der Waals surface area contributed by atoms with Crippen LogP contribution in [0.1, 0.15) is 29.9 Å². The molecular formula is C20H21N3O. The van der Waals surface area contributed by atoms with Gasteiger partial charge in [-0.25, -0.2) is 0 Å². The van der Waals surface area contributed by atoms with E-state index in [1.54, 1.807) is 0 Å². The van der Waals surface area contributed by atoms with Gasteiger partial charge in [0.05, 0.1) is 6.20 Å². The maximum atomic E-state index is 12.3. The molecule has 0 aliphatic heterocycles. The van der Waals surface area contributed by atoms with Crippen molar-refractivity contribution in [2.45, 2.75) is 31.2 Å². The van der Waals surface area contributed by atoms with Crippen molar-refractivity contribution in [3.05, 3.63) is 66.0 Å². The summed E-state index contributed by atoms with van der Waals surface area (Å²) >= 11 is 0. The second-order valence-electron chi connectivity index (χ2n) is 6.60. The Morgan fingerprint density at radius 3 is 2.92 bits per heavy atom. The van der Waals surface area contributed by atoms with Crippen LogP contribution in [0.15, 0.2) is 54.9 Å². The first kappa shape index (κ1) is 14.9. The van der Waals surface area contributed by atoms with Gasteiger partial charge in [-0.05, 0) is 34.7 Å². The molecule has 0 bridgehead atoms. The van der Waals surface area contributed by atoms with E-state index in [9.17, 15) is 4.79 Å². The van der Waals surface area contributed by atoms with Crippen molar-refractivity contribution in [2.75, 3.05) is 0 Å². The lowest BCUT2D eigenvalue weighted by atomic mass is 10.0. The zero-order valence-electron chi connectivity index (χ0n) is 13.8. The molecule has 0 saturated heterocycles. The average Bonchev–Trinajstić information content (AvgIpc) is 3.22. The third-order valence-corrected chi connectivity index (χ3v) is 4.79. The minimum Gasteiger partial charge on any atom is -0.353 e. The highest BCUT2D eigenvalue weighted by Crippen LogP contribution is 2.40. The van der Waals surface area contributed by atoms with Gasteiger partial charge < -0.3 is 5.32 Å². The van der Waals surface area contributed by atoms with Gasteiger partial charge in [0.25, 0.3) is 0 Å². The number of nitrogens with one attached hydrogen (secondary N) is 1. The van der Waals surface area contributed by atoms with Gasteiger partial charge in [-0.3, -0.25) is 9.48 Å². The number of hydrogen-bond donors (Lipinski definition) is 1. The fraction of sp³-hybridized carbons (Fsp3) is 0.300. The third kappa shape index (κ3) is 3.04. The van der Waals surface area contributed by atoms with Crippen molar-refractivity contribution in [1.82, 2.24) is 15.1 Å². The largest absolute Gasteiger partial charge is 0.353 e. The van der Waals surface area contributed by atoms with Crippen LogP contribution in [0.5, 0.6) is 0 Å². The number of benzene rings is 2. The lowest BCUT2D eigenvalue weighted by molar-refractivity contribution is -0.121. The van der Waals surface area contributed by atoms with Crippen LogP contribution >= 0.6 is 0 Å². The lowest BCUT2D eigenvalue weighted by Gasteiger charge is -2.07. The van der Waals surface area contributed by atoms with Gasteiger partial charge >= 0.3 is 0 Å². The first-order valence-corrected chi connectivity index (χ1v) is 8.45. The van der Waals surface area contributed by atoms with Crippen LogP contribution in [0.2, 0.25) is 0 Å². The number of nitrogens with zero attached hydrogens (tertiary/aromatic N) is 2. The van der Waals surface area contributed by atoms with Crippen LogP contribution < -0.4 is 5.32 Å². The van der Waals surface area contributed by atoms with Crippen LogP contribution in [0.4, 0.5) is 0 Å². The van der Waals surface area contributed by atoms with Crippen LogP contribution in [0, 0.1) is 0 Å². The molecule has 1 fully saturated rings. The minimum atomic E-state index is 0.138. The second kappa shape index (κ2) is 6.11. The Labute approximate surface area is 141 Å². The standard InChI is InChI=1S/C20H21N3O/c1-23-13-16(12-21-23)18-11-19(18)22-20(24)10-9-15-7-4-6-14-5-2-3-8-17(14)15/h2-8,12-13,18-19H,9-11H2,1H3,(H,22,24)/t18-,19+/m0/s1. The average molecular weight is 319 g/mol. The molecule has 24 heavy (non-hydrogen) atoms. The van der Waals surface area contributed by atoms with Crippen molar-refractivity contribution >= 4 is 16.7 Å². The predicted molar refractivity (Wildman–Crippen MR) is 94.8 cm³/mol. The van der Waals surface area contributed by atoms with Crippen molar-refractivity contribution in [2.24, 2.45) is 7.05 Å². The first-order chi connectivity index (χ1) is 11.7. The van der Waals surface area contributed by atoms with Gasteiger partial charge in [0.1, 0.15) is 0 Å². The van der Waals surface area contributed by atoms with E-state index >= 15 is 0 Å². The maximum absolute atomic E-state index is 12.3. The van der Waals surface area contributed by atoms with Gasteiger partial charge in [-0.2, -0.15) is 5.10 Å². The molecule has 1 amide bonds. The number of aromatic nitrogens is 2. The maximum Gasteiger partial charge on any atom is 0.220 e. The highest BCUT2D eigenvalue weighted by Gasteiger charge is 2.40. The molecule has 0 unspecified atom stereocenters. The van der Waals surface area contributed by atoms with Crippen LogP contribution in [-0.2, 0) is 18.3 Å². The number of hydrogen-bond acceptors (Lipinski definition) is 2. The number of fused-ring (bicyclic) bond motifs is 1. The van der Waals surface area contributed by atoms with E-state index in [0.717, 1.165) is 12.8 Å². The fourth-order valence-electron chi connectivity index (χ4n) is 3.39. The zero-order valence-corrected chi connectivity index (χ0v) is 13.8. The van der Waals surface area contributed by atoms with Crippen LogP contribution in [0.3, 0.4) is 0 Å². The van der Waals surface area contributed by atoms with E-state index in [1.165, 1.54) is 21.9 Å². The number of aryl methyl sites for hydroxylation is 2. The zero-order chi connectivity index (χ0) is 16.5. The van der Waals surface area contributed by atoms with Crippen LogP contribution in [0.25, 0.3) is 10.8 Å². The topological polar surface area (TPSA) is 46.9 Å². The number of rotatable bonds is 5. The van der Waals surface area contributed by atoms with E-state index in [4.69, 9.17) is 0 Å². The molecule has 4 rings (SSSR count). The van der Waals surface area contributed by atoms with Crippen molar-refractivity contribution in [1.29, 1.82) is 0 Å². The number of carbonyl (C=O) groups excluding carboxylic acids is 1. The van der Waals surface area contributed by atoms with E-state index in [-0.39, 0.29) is 11.9 Å². The Balaban J connectivity index is 1.34. The summed E-state index contributed by atoms with van der Waals surface area (Å²) in [4.78, 5) is 12.3. The van der Waals surface area contributed by atoms with Gasteiger partial charge in [0.15, 0.2) is 0 Å². The Morgan fingerprint density at radius 1 is 1.25 bits per heavy atom. The number of amides is 1. The molecule has 122 valence electrons. The molecule has 1 aliphatic rings. The van der Waals surface area contributed by atoms with E-state index in [1.807, 2.05) is 30.2 Å². The van der Waals surface area contributed by atoms with E-state index < -0.39 is 0 Å². The van der Waals surface area contributed by atoms with Gasteiger partial charge in [0, 0.05) is 31.6 Å². The summed E-state index contributed by atoms with van der Waals surface area (Å²) in [5.74, 6) is 0.569. The monoisotopic (exact) mass is 319 g/mol. The molecule has 1 saturated carbocycles. The van der Waals surface area contributed by atoms with E-state index in [2.05, 4.69) is 46.8 Å². The highest BCUT2D eigenvalue weighted by atomic mass is 16.1. The predicted octanol–water partition coefficient (Wildman–Crippen LogP) is 3.18. The Hall–Kier alpha value is -2.62. The summed E-state index contributed by atoms with van der Waals surface area (Å²) in [7, 11) is 1.92. The Morgan fingerprint density at radius 2 is 2.08 bits per heavy atom. The van der Waals surface area contributed by atoms with Gasteiger partial charge in [-0.15, -0.1) is 0 Å². The third-order valence-electron chi connectivity index (χ3n) is 4.79. The van der Waals surface area contributed by atoms with Crippen molar-refractivity contribution < 1.29 is 4.79 Å². The van der Waals surface area contributed by atoms with Gasteiger partial charge in [0.2, 0.25) is 5.91 Å². The van der Waals surface area contributed by atoms with Crippen molar-refractivity contribution in [3.63, 3.8) is 0 Å². The molecule has 1 heterocycles. The van der Waals surface area contributed by atoms with Gasteiger partial charge in [-0.1, -0.05) is 42.5 Å². The quantitative estimate of drug-likeness (QED) is 0.785. The lowest BCUT2D eigenvalue weighted by Crippen LogP contribution is -2.26. The summed E-state index contributed by atoms with van der Waals surface area (Å²) in [6.07, 6.45) is 6.26. The molecule has 0 radical (unpaired) electrons. The molecule has 3 aromatic rings. The molecule has 2 aromatic carbocycles. The normalized spacial score (nSPS) is 19.4. The molecule has 4 heteroatoms. The molecule has 1 aliphatic carbocycles. The minimum absolute atomic E-state index is 0.138. The number of carbonyl (C=O) groups is 1. The Bertz CT molecular complexity index is 878. The SMILES string of the molecule is Cn1cc([C@@H]2C[C@H]2NC(=O)CCc2cccc3ccccc23)cn1. The molecule has 4 nitrogen and oxygen atoms in total. The highest BCUT2D eigenvalue weighted by molar-refractivity contribution is 5.86. The molecule has 1 N–H and O–H groups in total. The molecule has 1 aromatic heterocycles. The summed E-state index contributed by atoms with van der Waals surface area (Å²) in [6.45, 7) is 0. The Kier molecular flexibility index (Phi) is 3.81. The second-order valence-corrected chi connectivity index (χ2v) is 6.60. The summed E-state index contributed by atoms with van der Waals surface area (Å²) in [5.41, 5.74) is 2.46. The molecule has 2 atom stereocenters. The molecule has 0 spiro atoms. The first-order valence-electron chi connectivity index (χ1n) is 8.45.